The number of benzene rings is 3. The Labute approximate surface area is 242 Å². The third kappa shape index (κ3) is 5.74. The van der Waals surface area contributed by atoms with Crippen molar-refractivity contribution in [2.24, 2.45) is 10.7 Å². The molecule has 40 heavy (non-hydrogen) atoms. The predicted molar refractivity (Wildman–Crippen MR) is 164 cm³/mol. The number of ether oxygens (including phenoxy) is 1. The van der Waals surface area contributed by atoms with Crippen LogP contribution >= 0.6 is 23.5 Å². The second-order valence-corrected chi connectivity index (χ2v) is 11.5. The molecule has 0 aromatic heterocycles. The number of nitrogens with one attached hydrogen (secondary N) is 1. The molecule has 3 aromatic rings. The van der Waals surface area contributed by atoms with E-state index in [0.717, 1.165) is 32.4 Å². The molecule has 3 aromatic carbocycles. The third-order valence-corrected chi connectivity index (χ3v) is 8.99. The number of thioether (sulfide) groups is 2. The zero-order chi connectivity index (χ0) is 28.2. The number of carbonyl (C=O) groups is 1. The van der Waals surface area contributed by atoms with Crippen molar-refractivity contribution in [3.63, 3.8) is 0 Å². The third-order valence-electron chi connectivity index (χ3n) is 6.58. The second kappa shape index (κ2) is 12.2. The summed E-state index contributed by atoms with van der Waals surface area (Å²) in [5.41, 5.74) is 11.2. The number of nitriles is 1. The van der Waals surface area contributed by atoms with Crippen molar-refractivity contribution >= 4 is 51.7 Å². The molecule has 204 valence electrons. The van der Waals surface area contributed by atoms with Crippen molar-refractivity contribution < 1.29 is 9.53 Å². The van der Waals surface area contributed by atoms with E-state index in [1.807, 2.05) is 56.4 Å². The summed E-state index contributed by atoms with van der Waals surface area (Å²) in [4.78, 5) is 24.4. The second-order valence-electron chi connectivity index (χ2n) is 9.44. The SMILES string of the molecule is COCCNc1ccc2c(c1)SC(=C1SC(=Nc3cc(C#N)ccc3C(C)N)N(Cc3ccccc3)C1=O)N2C. The maximum Gasteiger partial charge on any atom is 0.269 e. The predicted octanol–water partition coefficient (Wildman–Crippen LogP) is 5.81. The van der Waals surface area contributed by atoms with E-state index in [9.17, 15) is 10.1 Å². The highest BCUT2D eigenvalue weighted by Gasteiger charge is 2.39. The van der Waals surface area contributed by atoms with Crippen LogP contribution in [0.2, 0.25) is 0 Å². The van der Waals surface area contributed by atoms with Gasteiger partial charge in [-0.15, -0.1) is 0 Å². The quantitative estimate of drug-likeness (QED) is 0.258. The Morgan fingerprint density at radius 1 is 1.12 bits per heavy atom. The first-order chi connectivity index (χ1) is 19.4. The molecular weight excluding hydrogens is 541 g/mol. The first kappa shape index (κ1) is 27.8. The van der Waals surface area contributed by atoms with Crippen LogP contribution in [0.1, 0.15) is 29.7 Å². The van der Waals surface area contributed by atoms with Gasteiger partial charge in [0.2, 0.25) is 0 Å². The van der Waals surface area contributed by atoms with Crippen molar-refractivity contribution in [1.29, 1.82) is 5.26 Å². The van der Waals surface area contributed by atoms with Gasteiger partial charge in [-0.2, -0.15) is 5.26 Å². The highest BCUT2D eigenvalue weighted by Crippen LogP contribution is 2.51. The number of rotatable bonds is 8. The molecule has 3 N–H and O–H groups in total. The van der Waals surface area contributed by atoms with E-state index in [2.05, 4.69) is 28.4 Å². The number of hydrogen-bond acceptors (Lipinski definition) is 9. The number of nitrogens with two attached hydrogens (primary N) is 1. The first-order valence-corrected chi connectivity index (χ1v) is 14.5. The van der Waals surface area contributed by atoms with Crippen molar-refractivity contribution in [2.45, 2.75) is 24.4 Å². The molecule has 5 rings (SSSR count). The van der Waals surface area contributed by atoms with Crippen LogP contribution < -0.4 is 16.0 Å². The zero-order valence-corrected chi connectivity index (χ0v) is 24.2. The van der Waals surface area contributed by atoms with E-state index in [0.29, 0.717) is 41.0 Å². The fraction of sp³-hybridized carbons (Fsp3) is 0.233. The molecule has 2 heterocycles. The Morgan fingerprint density at radius 3 is 2.65 bits per heavy atom. The van der Waals surface area contributed by atoms with Crippen molar-refractivity contribution in [3.8, 4) is 6.07 Å². The first-order valence-electron chi connectivity index (χ1n) is 12.8. The lowest BCUT2D eigenvalue weighted by Crippen LogP contribution is -2.29. The number of nitrogens with zero attached hydrogens (tertiary/aromatic N) is 4. The Kier molecular flexibility index (Phi) is 8.47. The minimum atomic E-state index is -0.285. The minimum Gasteiger partial charge on any atom is -0.383 e. The molecule has 1 unspecified atom stereocenters. The molecule has 0 saturated carbocycles. The molecule has 1 saturated heterocycles. The molecule has 0 radical (unpaired) electrons. The molecule has 0 spiro atoms. The van der Waals surface area contributed by atoms with Gasteiger partial charge < -0.3 is 20.7 Å². The fourth-order valence-electron chi connectivity index (χ4n) is 4.48. The number of hydrogen-bond donors (Lipinski definition) is 2. The van der Waals surface area contributed by atoms with Gasteiger partial charge in [0.25, 0.3) is 5.91 Å². The average Bonchev–Trinajstić information content (AvgIpc) is 3.44. The zero-order valence-electron chi connectivity index (χ0n) is 22.5. The summed E-state index contributed by atoms with van der Waals surface area (Å²) in [6, 6.07) is 23.3. The molecular formula is C30H30N6O2S2. The van der Waals surface area contributed by atoms with Gasteiger partial charge >= 0.3 is 0 Å². The molecule has 0 bridgehead atoms. The Balaban J connectivity index is 1.54. The van der Waals surface area contributed by atoms with Crippen LogP contribution in [0, 0.1) is 11.3 Å². The molecule has 1 atom stereocenters. The summed E-state index contributed by atoms with van der Waals surface area (Å²) in [5.74, 6) is -0.105. The van der Waals surface area contributed by atoms with Gasteiger partial charge in [0.15, 0.2) is 5.17 Å². The fourth-order valence-corrected chi connectivity index (χ4v) is 6.86. The molecule has 2 aliphatic rings. The van der Waals surface area contributed by atoms with Gasteiger partial charge in [0.1, 0.15) is 4.91 Å². The number of fused-ring (bicyclic) bond motifs is 1. The van der Waals surface area contributed by atoms with E-state index in [4.69, 9.17) is 15.5 Å². The van der Waals surface area contributed by atoms with Crippen LogP contribution in [-0.2, 0) is 16.1 Å². The van der Waals surface area contributed by atoms with E-state index in [1.165, 1.54) is 11.8 Å². The van der Waals surface area contributed by atoms with Crippen molar-refractivity contribution in [3.05, 3.63) is 93.4 Å². The van der Waals surface area contributed by atoms with Gasteiger partial charge in [-0.05, 0) is 60.1 Å². The summed E-state index contributed by atoms with van der Waals surface area (Å²) >= 11 is 2.93. The number of aliphatic imine (C=N–C) groups is 1. The van der Waals surface area contributed by atoms with E-state index in [-0.39, 0.29) is 11.9 Å². The van der Waals surface area contributed by atoms with Crippen LogP contribution in [0.3, 0.4) is 0 Å². The Hall–Kier alpha value is -3.75. The number of amidine groups is 1. The van der Waals surface area contributed by atoms with Crippen LogP contribution in [-0.4, -0.2) is 43.3 Å². The number of anilines is 2. The summed E-state index contributed by atoms with van der Waals surface area (Å²) < 4.78 is 5.15. The van der Waals surface area contributed by atoms with Gasteiger partial charge in [-0.1, -0.05) is 48.2 Å². The average molecular weight is 571 g/mol. The molecule has 1 amide bonds. The maximum atomic E-state index is 14.0. The van der Waals surface area contributed by atoms with E-state index < -0.39 is 0 Å². The summed E-state index contributed by atoms with van der Waals surface area (Å²) in [7, 11) is 3.66. The van der Waals surface area contributed by atoms with Gasteiger partial charge in [-0.25, -0.2) is 4.99 Å². The topological polar surface area (TPSA) is 107 Å². The number of carbonyl (C=O) groups excluding carboxylic acids is 1. The molecule has 1 fully saturated rings. The van der Waals surface area contributed by atoms with Gasteiger partial charge in [-0.3, -0.25) is 9.69 Å². The van der Waals surface area contributed by atoms with Crippen LogP contribution in [0.4, 0.5) is 17.1 Å². The smallest absolute Gasteiger partial charge is 0.269 e. The lowest BCUT2D eigenvalue weighted by Gasteiger charge is -2.17. The summed E-state index contributed by atoms with van der Waals surface area (Å²) in [6.45, 7) is 3.59. The van der Waals surface area contributed by atoms with Gasteiger partial charge in [0.05, 0.1) is 41.2 Å². The minimum absolute atomic E-state index is 0.105. The molecule has 8 nitrogen and oxygen atoms in total. The number of methoxy groups -OCH3 is 1. The molecule has 10 heteroatoms. The monoisotopic (exact) mass is 570 g/mol. The van der Waals surface area contributed by atoms with E-state index >= 15 is 0 Å². The Bertz CT molecular complexity index is 1530. The summed E-state index contributed by atoms with van der Waals surface area (Å²) in [5, 5.41) is 14.3. The normalized spacial score (nSPS) is 18.3. The van der Waals surface area contributed by atoms with Crippen LogP contribution in [0.5, 0.6) is 0 Å². The highest BCUT2D eigenvalue weighted by molar-refractivity contribution is 8.19. The largest absolute Gasteiger partial charge is 0.383 e. The van der Waals surface area contributed by atoms with Crippen LogP contribution in [0.15, 0.2) is 86.6 Å². The molecule has 0 aliphatic carbocycles. The van der Waals surface area contributed by atoms with E-state index in [1.54, 1.807) is 35.9 Å². The van der Waals surface area contributed by atoms with Gasteiger partial charge in [0, 0.05) is 37.3 Å². The number of amides is 1. The van der Waals surface area contributed by atoms with Crippen molar-refractivity contribution in [2.75, 3.05) is 37.5 Å². The Morgan fingerprint density at radius 2 is 1.93 bits per heavy atom. The van der Waals surface area contributed by atoms with Crippen molar-refractivity contribution in [1.82, 2.24) is 4.90 Å². The van der Waals surface area contributed by atoms with Crippen LogP contribution in [0.25, 0.3) is 0 Å². The highest BCUT2D eigenvalue weighted by atomic mass is 32.2. The lowest BCUT2D eigenvalue weighted by atomic mass is 10.0. The maximum absolute atomic E-state index is 14.0. The standard InChI is InChI=1S/C30H30N6O2S2/c1-19(32)23-11-9-21(17-31)15-24(23)34-30-36(18-20-7-5-4-6-8-20)28(37)27(40-30)29-35(2)25-12-10-22(16-26(25)39-29)33-13-14-38-3/h4-12,15-16,19,33H,13-14,18,32H2,1-3H3. The summed E-state index contributed by atoms with van der Waals surface area (Å²) in [6.07, 6.45) is 0. The lowest BCUT2D eigenvalue weighted by molar-refractivity contribution is -0.122. The molecule has 2 aliphatic heterocycles.